The number of carboxylic acid groups (broad SMARTS) is 1. The van der Waals surface area contributed by atoms with Crippen molar-refractivity contribution in [2.24, 2.45) is 4.99 Å². The molecule has 0 saturated carbocycles. The zero-order chi connectivity index (χ0) is 8.48. The maximum Gasteiger partial charge on any atom is 0.326 e. The Bertz CT molecular complexity index is 237. The number of carboxylic acids is 1. The highest BCUT2D eigenvalue weighted by molar-refractivity contribution is 9.10. The molecule has 4 heteroatoms. The van der Waals surface area contributed by atoms with Gasteiger partial charge in [0.05, 0.1) is 6.04 Å². The third-order valence-corrected chi connectivity index (χ3v) is 2.94. The highest BCUT2D eigenvalue weighted by atomic mass is 79.9. The number of aliphatic carboxylic acids is 1. The molecule has 0 amide bonds. The zero-order valence-electron chi connectivity index (χ0n) is 5.99. The Labute approximate surface area is 73.0 Å². The lowest BCUT2D eigenvalue weighted by atomic mass is 9.99. The van der Waals surface area contributed by atoms with Gasteiger partial charge < -0.3 is 5.11 Å². The molecule has 0 radical (unpaired) electrons. The van der Waals surface area contributed by atoms with Crippen molar-refractivity contribution in [3.8, 4) is 0 Å². The second-order valence-electron chi connectivity index (χ2n) is 2.41. The predicted octanol–water partition coefficient (Wildman–Crippen LogP) is 1.23. The van der Waals surface area contributed by atoms with Crippen molar-refractivity contribution >= 4 is 28.1 Å². The Kier molecular flexibility index (Phi) is 2.13. The largest absolute Gasteiger partial charge is 0.480 e. The van der Waals surface area contributed by atoms with E-state index in [9.17, 15) is 4.79 Å². The van der Waals surface area contributed by atoms with Gasteiger partial charge >= 0.3 is 5.97 Å². The van der Waals surface area contributed by atoms with E-state index in [1.54, 1.807) is 25.3 Å². The minimum atomic E-state index is -1.01. The molecule has 0 aromatic heterocycles. The van der Waals surface area contributed by atoms with Gasteiger partial charge in [0.1, 0.15) is 0 Å². The van der Waals surface area contributed by atoms with Crippen LogP contribution in [-0.4, -0.2) is 27.7 Å². The van der Waals surface area contributed by atoms with Crippen molar-refractivity contribution in [1.82, 2.24) is 0 Å². The highest BCUT2D eigenvalue weighted by Gasteiger charge is 2.39. The fourth-order valence-electron chi connectivity index (χ4n) is 0.860. The summed E-state index contributed by atoms with van der Waals surface area (Å²) < 4.78 is -1.01. The highest BCUT2D eigenvalue weighted by Crippen LogP contribution is 2.28. The van der Waals surface area contributed by atoms with Crippen molar-refractivity contribution < 1.29 is 9.90 Å². The summed E-state index contributed by atoms with van der Waals surface area (Å²) in [6.07, 6.45) is 4.82. The van der Waals surface area contributed by atoms with Gasteiger partial charge in [-0.15, -0.1) is 0 Å². The van der Waals surface area contributed by atoms with E-state index < -0.39 is 10.3 Å². The molecule has 1 heterocycles. The molecular weight excluding hydrogens is 210 g/mol. The van der Waals surface area contributed by atoms with Crippen LogP contribution in [0.3, 0.4) is 0 Å². The number of aliphatic imine (C=N–C) groups is 1. The monoisotopic (exact) mass is 217 g/mol. The number of rotatable bonds is 1. The van der Waals surface area contributed by atoms with Crippen LogP contribution in [0.2, 0.25) is 0 Å². The molecule has 1 aliphatic heterocycles. The van der Waals surface area contributed by atoms with Gasteiger partial charge in [-0.2, -0.15) is 0 Å². The zero-order valence-corrected chi connectivity index (χ0v) is 7.58. The first-order chi connectivity index (χ1) is 5.07. The van der Waals surface area contributed by atoms with E-state index in [4.69, 9.17) is 5.11 Å². The second kappa shape index (κ2) is 2.77. The number of allylic oxidation sites excluding steroid dienone is 1. The Balaban J connectivity index is 2.94. The molecule has 3 nitrogen and oxygen atoms in total. The van der Waals surface area contributed by atoms with Gasteiger partial charge in [0.25, 0.3) is 0 Å². The molecule has 1 N–H and O–H groups in total. The van der Waals surface area contributed by atoms with Gasteiger partial charge in [0, 0.05) is 6.21 Å². The molecule has 0 spiro atoms. The van der Waals surface area contributed by atoms with Crippen LogP contribution in [0.15, 0.2) is 17.1 Å². The molecule has 60 valence electrons. The summed E-state index contributed by atoms with van der Waals surface area (Å²) in [5, 5.41) is 8.80. The normalized spacial score (nSPS) is 35.6. The quantitative estimate of drug-likeness (QED) is 0.673. The average molecular weight is 218 g/mol. The Morgan fingerprint density at radius 3 is 2.82 bits per heavy atom. The van der Waals surface area contributed by atoms with Crippen molar-refractivity contribution in [2.45, 2.75) is 17.3 Å². The van der Waals surface area contributed by atoms with Crippen LogP contribution < -0.4 is 0 Å². The van der Waals surface area contributed by atoms with Gasteiger partial charge in [-0.3, -0.25) is 9.79 Å². The summed E-state index contributed by atoms with van der Waals surface area (Å²) in [4.78, 5) is 14.7. The summed E-state index contributed by atoms with van der Waals surface area (Å²) in [5.74, 6) is -0.905. The molecule has 2 atom stereocenters. The lowest BCUT2D eigenvalue weighted by Crippen LogP contribution is -2.40. The number of halogens is 1. The summed E-state index contributed by atoms with van der Waals surface area (Å²) in [7, 11) is 0. The van der Waals surface area contributed by atoms with Crippen molar-refractivity contribution in [3.63, 3.8) is 0 Å². The number of hydrogen-bond donors (Lipinski definition) is 1. The Morgan fingerprint density at radius 1 is 1.82 bits per heavy atom. The van der Waals surface area contributed by atoms with E-state index in [0.717, 1.165) is 0 Å². The summed E-state index contributed by atoms with van der Waals surface area (Å²) in [6, 6.07) is -0.259. The minimum Gasteiger partial charge on any atom is -0.480 e. The van der Waals surface area contributed by atoms with Crippen LogP contribution in [0.5, 0.6) is 0 Å². The molecule has 2 unspecified atom stereocenters. The fraction of sp³-hybridized carbons (Fsp3) is 0.429. The van der Waals surface area contributed by atoms with E-state index in [-0.39, 0.29) is 6.04 Å². The number of carbonyl (C=O) groups is 1. The summed E-state index contributed by atoms with van der Waals surface area (Å²) >= 11 is 3.13. The predicted molar refractivity (Wildman–Crippen MR) is 46.4 cm³/mol. The molecular formula is C7H8BrNO2. The van der Waals surface area contributed by atoms with Gasteiger partial charge in [0.15, 0.2) is 4.32 Å². The molecule has 0 aliphatic carbocycles. The molecule has 11 heavy (non-hydrogen) atoms. The maximum absolute atomic E-state index is 10.7. The third-order valence-electron chi connectivity index (χ3n) is 1.67. The Morgan fingerprint density at radius 2 is 2.45 bits per heavy atom. The third kappa shape index (κ3) is 1.35. The van der Waals surface area contributed by atoms with Crippen LogP contribution in [0.4, 0.5) is 0 Å². The molecule has 0 aromatic rings. The smallest absolute Gasteiger partial charge is 0.326 e. The number of hydrogen-bond acceptors (Lipinski definition) is 2. The molecule has 1 rings (SSSR count). The van der Waals surface area contributed by atoms with Crippen LogP contribution in [0.1, 0.15) is 6.92 Å². The van der Waals surface area contributed by atoms with Crippen LogP contribution in [0.25, 0.3) is 0 Å². The van der Waals surface area contributed by atoms with Crippen LogP contribution in [0, 0.1) is 0 Å². The van der Waals surface area contributed by atoms with E-state index in [0.29, 0.717) is 0 Å². The van der Waals surface area contributed by atoms with Gasteiger partial charge in [-0.25, -0.2) is 0 Å². The minimum absolute atomic E-state index is 0.259. The van der Waals surface area contributed by atoms with Crippen molar-refractivity contribution in [3.05, 3.63) is 12.2 Å². The fourth-order valence-corrected chi connectivity index (χ4v) is 1.13. The van der Waals surface area contributed by atoms with E-state index in [1.165, 1.54) is 0 Å². The van der Waals surface area contributed by atoms with Gasteiger partial charge in [-0.1, -0.05) is 22.0 Å². The van der Waals surface area contributed by atoms with Crippen molar-refractivity contribution in [1.29, 1.82) is 0 Å². The summed E-state index contributed by atoms with van der Waals surface area (Å²) in [5.41, 5.74) is 0. The van der Waals surface area contributed by atoms with Crippen LogP contribution in [-0.2, 0) is 4.79 Å². The second-order valence-corrected chi connectivity index (χ2v) is 3.72. The first-order valence-corrected chi connectivity index (χ1v) is 4.00. The molecule has 0 saturated heterocycles. The topological polar surface area (TPSA) is 49.7 Å². The van der Waals surface area contributed by atoms with E-state index in [1.807, 2.05) is 0 Å². The molecule has 0 aromatic carbocycles. The van der Waals surface area contributed by atoms with Gasteiger partial charge in [0.2, 0.25) is 0 Å². The van der Waals surface area contributed by atoms with E-state index >= 15 is 0 Å². The maximum atomic E-state index is 10.7. The molecule has 0 fully saturated rings. The van der Waals surface area contributed by atoms with Crippen LogP contribution >= 0.6 is 15.9 Å². The molecule has 1 aliphatic rings. The number of alkyl halides is 1. The number of nitrogens with zero attached hydrogens (tertiary/aromatic N) is 1. The summed E-state index contributed by atoms with van der Waals surface area (Å²) in [6.45, 7) is 1.75. The average Bonchev–Trinajstić information content (AvgIpc) is 1.95. The molecule has 0 bridgehead atoms. The lowest BCUT2D eigenvalue weighted by molar-refractivity contribution is -0.138. The first-order valence-electron chi connectivity index (χ1n) is 3.20. The Hall–Kier alpha value is -0.640. The van der Waals surface area contributed by atoms with Gasteiger partial charge in [-0.05, 0) is 13.0 Å². The van der Waals surface area contributed by atoms with Crippen molar-refractivity contribution in [2.75, 3.05) is 0 Å². The SMILES string of the molecule is CC1N=CC=CC1(Br)C(=O)O. The first kappa shape index (κ1) is 8.46. The lowest BCUT2D eigenvalue weighted by Gasteiger charge is -2.24. The standard InChI is InChI=1S/C7H8BrNO2/c1-5-7(8,6(10)11)3-2-4-9-5/h2-5H,1H3,(H,10,11). The van der Waals surface area contributed by atoms with E-state index in [2.05, 4.69) is 20.9 Å². The number of dihydropyridines is 1.